The van der Waals surface area contributed by atoms with Crippen molar-refractivity contribution in [1.29, 1.82) is 5.26 Å². The van der Waals surface area contributed by atoms with Crippen LogP contribution in [0.15, 0.2) is 24.4 Å². The first-order valence-corrected chi connectivity index (χ1v) is 12.6. The molecular weight excluding hydrogens is 481 g/mol. The van der Waals surface area contributed by atoms with Gasteiger partial charge in [0.1, 0.15) is 17.1 Å². The van der Waals surface area contributed by atoms with Crippen molar-refractivity contribution in [1.82, 2.24) is 14.8 Å². The second kappa shape index (κ2) is 10.8. The zero-order chi connectivity index (χ0) is 26.0. The van der Waals surface area contributed by atoms with Gasteiger partial charge in [0.05, 0.1) is 17.5 Å². The molecule has 1 aliphatic rings. The molecule has 1 aliphatic carbocycles. The molecule has 9 heteroatoms. The lowest BCUT2D eigenvalue weighted by Crippen LogP contribution is -2.29. The monoisotopic (exact) mass is 509 g/mol. The van der Waals surface area contributed by atoms with Gasteiger partial charge in [-0.3, -0.25) is 14.3 Å². The number of rotatable bonds is 7. The summed E-state index contributed by atoms with van der Waals surface area (Å²) in [5, 5.41) is 17.0. The number of hydrogen-bond donors (Lipinski definition) is 1. The third-order valence-corrected chi connectivity index (χ3v) is 7.15. The topological polar surface area (TPSA) is 101 Å². The molecule has 0 unspecified atom stereocenters. The molecule has 0 aliphatic heterocycles. The van der Waals surface area contributed by atoms with Gasteiger partial charge >= 0.3 is 0 Å². The SMILES string of the molecule is CC(C)c1c2cc(-c3cc(NC(=O)[C@H]4CCC[C@@H](CC(=O)CC#N)C4)ncc3Cl)cc(F)c2nn1C. The van der Waals surface area contributed by atoms with Crippen molar-refractivity contribution in [2.45, 2.75) is 58.3 Å². The van der Waals surface area contributed by atoms with Gasteiger partial charge in [-0.05, 0) is 54.9 Å². The molecule has 1 fully saturated rings. The largest absolute Gasteiger partial charge is 0.310 e. The van der Waals surface area contributed by atoms with Crippen LogP contribution < -0.4 is 5.32 Å². The molecule has 3 aromatic rings. The van der Waals surface area contributed by atoms with Crippen LogP contribution in [0.5, 0.6) is 0 Å². The number of Topliss-reactive ketones (excluding diaryl/α,β-unsaturated/α-hetero) is 1. The summed E-state index contributed by atoms with van der Waals surface area (Å²) in [7, 11) is 1.80. The number of aryl methyl sites for hydroxylation is 1. The number of anilines is 1. The average molecular weight is 510 g/mol. The standard InChI is InChI=1S/C27H29ClFN5O2/c1-15(2)26-21-11-18(12-23(29)25(21)33-34(26)3)20-13-24(31-14-22(20)28)32-27(36)17-6-4-5-16(9-17)10-19(35)7-8-30/h11-17H,4-7,9-10H2,1-3H3,(H,31,32,36)/t16-,17+/m1/s1. The minimum atomic E-state index is -0.442. The van der Waals surface area contributed by atoms with E-state index in [-0.39, 0.29) is 35.9 Å². The lowest BCUT2D eigenvalue weighted by Gasteiger charge is -2.27. The molecule has 4 rings (SSSR count). The number of nitrogens with one attached hydrogen (secondary N) is 1. The first-order chi connectivity index (χ1) is 17.2. The maximum Gasteiger partial charge on any atom is 0.228 e. The van der Waals surface area contributed by atoms with Gasteiger partial charge in [0.25, 0.3) is 0 Å². The Bertz CT molecular complexity index is 1360. The Morgan fingerprint density at radius 1 is 1.31 bits per heavy atom. The highest BCUT2D eigenvalue weighted by Crippen LogP contribution is 2.36. The average Bonchev–Trinajstić information content (AvgIpc) is 3.17. The highest BCUT2D eigenvalue weighted by Gasteiger charge is 2.29. The number of aromatic nitrogens is 3. The lowest BCUT2D eigenvalue weighted by atomic mass is 9.78. The fourth-order valence-electron chi connectivity index (χ4n) is 5.27. The lowest BCUT2D eigenvalue weighted by molar-refractivity contribution is -0.123. The summed E-state index contributed by atoms with van der Waals surface area (Å²) in [5.74, 6) is -0.339. The van der Waals surface area contributed by atoms with E-state index in [0.717, 1.165) is 30.3 Å². The second-order valence-electron chi connectivity index (χ2n) is 9.86. The van der Waals surface area contributed by atoms with Crippen molar-refractivity contribution >= 4 is 40.0 Å². The van der Waals surface area contributed by atoms with Gasteiger partial charge in [-0.15, -0.1) is 0 Å². The Kier molecular flexibility index (Phi) is 7.70. The smallest absolute Gasteiger partial charge is 0.228 e. The Labute approximate surface area is 214 Å². The van der Waals surface area contributed by atoms with Crippen LogP contribution in [-0.2, 0) is 16.6 Å². The summed E-state index contributed by atoms with van der Waals surface area (Å²) in [6, 6.07) is 6.82. The second-order valence-corrected chi connectivity index (χ2v) is 10.3. The molecule has 7 nitrogen and oxygen atoms in total. The number of benzene rings is 1. The molecular formula is C27H29ClFN5O2. The van der Waals surface area contributed by atoms with Gasteiger partial charge in [0.15, 0.2) is 5.82 Å². The van der Waals surface area contributed by atoms with Gasteiger partial charge < -0.3 is 5.32 Å². The molecule has 0 spiro atoms. The maximum atomic E-state index is 15.0. The number of ketones is 1. The third-order valence-electron chi connectivity index (χ3n) is 6.85. The van der Waals surface area contributed by atoms with Gasteiger partial charge in [0.2, 0.25) is 5.91 Å². The summed E-state index contributed by atoms with van der Waals surface area (Å²) in [6.07, 6.45) is 4.76. The molecule has 1 aromatic carbocycles. The molecule has 2 aromatic heterocycles. The summed E-state index contributed by atoms with van der Waals surface area (Å²) in [6.45, 7) is 4.06. The number of hydrogen-bond acceptors (Lipinski definition) is 5. The predicted molar refractivity (Wildman–Crippen MR) is 137 cm³/mol. The molecule has 1 saturated carbocycles. The zero-order valence-electron chi connectivity index (χ0n) is 20.6. The fraction of sp³-hybridized carbons (Fsp3) is 0.444. The molecule has 0 saturated heterocycles. The number of halogens is 2. The maximum absolute atomic E-state index is 15.0. The van der Waals surface area contributed by atoms with E-state index in [4.69, 9.17) is 16.9 Å². The first kappa shape index (κ1) is 25.8. The highest BCUT2D eigenvalue weighted by atomic mass is 35.5. The van der Waals surface area contributed by atoms with Crippen molar-refractivity contribution in [3.8, 4) is 17.2 Å². The van der Waals surface area contributed by atoms with Crippen LogP contribution in [0.1, 0.15) is 64.0 Å². The molecule has 188 valence electrons. The van der Waals surface area contributed by atoms with Crippen LogP contribution in [0.3, 0.4) is 0 Å². The summed E-state index contributed by atoms with van der Waals surface area (Å²) in [4.78, 5) is 29.1. The van der Waals surface area contributed by atoms with E-state index in [0.29, 0.717) is 40.3 Å². The third kappa shape index (κ3) is 5.41. The van der Waals surface area contributed by atoms with Crippen molar-refractivity contribution in [2.24, 2.45) is 18.9 Å². The molecule has 36 heavy (non-hydrogen) atoms. The number of pyridine rings is 1. The molecule has 0 bridgehead atoms. The van der Waals surface area contributed by atoms with Crippen LogP contribution in [0.4, 0.5) is 10.2 Å². The van der Waals surface area contributed by atoms with Crippen LogP contribution in [0, 0.1) is 29.0 Å². The fourth-order valence-corrected chi connectivity index (χ4v) is 5.48. The minimum absolute atomic E-state index is 0.0778. The number of fused-ring (bicyclic) bond motifs is 1. The van der Waals surface area contributed by atoms with Gasteiger partial charge in [-0.1, -0.05) is 31.9 Å². The number of carbonyl (C=O) groups excluding carboxylic acids is 2. The Balaban J connectivity index is 1.56. The van der Waals surface area contributed by atoms with Crippen molar-refractivity contribution in [3.05, 3.63) is 40.9 Å². The molecule has 1 amide bonds. The van der Waals surface area contributed by atoms with E-state index >= 15 is 4.39 Å². The Morgan fingerprint density at radius 2 is 2.08 bits per heavy atom. The van der Waals surface area contributed by atoms with E-state index in [2.05, 4.69) is 15.4 Å². The van der Waals surface area contributed by atoms with Crippen LogP contribution >= 0.6 is 11.6 Å². The number of amides is 1. The number of nitrogens with zero attached hydrogens (tertiary/aromatic N) is 4. The van der Waals surface area contributed by atoms with Crippen molar-refractivity contribution in [2.75, 3.05) is 5.32 Å². The first-order valence-electron chi connectivity index (χ1n) is 12.2. The van der Waals surface area contributed by atoms with Gasteiger partial charge in [0, 0.05) is 42.2 Å². The minimum Gasteiger partial charge on any atom is -0.310 e. The van der Waals surface area contributed by atoms with Crippen molar-refractivity contribution < 1.29 is 14.0 Å². The predicted octanol–water partition coefficient (Wildman–Crippen LogP) is 6.17. The van der Waals surface area contributed by atoms with E-state index in [1.165, 1.54) is 12.3 Å². The molecule has 1 N–H and O–H groups in total. The number of carbonyl (C=O) groups is 2. The zero-order valence-corrected chi connectivity index (χ0v) is 21.4. The van der Waals surface area contributed by atoms with Crippen LogP contribution in [-0.4, -0.2) is 26.5 Å². The van der Waals surface area contributed by atoms with Crippen molar-refractivity contribution in [3.63, 3.8) is 0 Å². The van der Waals surface area contributed by atoms with Gasteiger partial charge in [-0.25, -0.2) is 9.37 Å². The van der Waals surface area contributed by atoms with Crippen LogP contribution in [0.25, 0.3) is 22.0 Å². The summed E-state index contributed by atoms with van der Waals surface area (Å²) < 4.78 is 16.7. The summed E-state index contributed by atoms with van der Waals surface area (Å²) >= 11 is 6.45. The van der Waals surface area contributed by atoms with Crippen LogP contribution in [0.2, 0.25) is 5.02 Å². The Morgan fingerprint density at radius 3 is 2.81 bits per heavy atom. The van der Waals surface area contributed by atoms with E-state index < -0.39 is 5.82 Å². The van der Waals surface area contributed by atoms with E-state index in [9.17, 15) is 9.59 Å². The summed E-state index contributed by atoms with van der Waals surface area (Å²) in [5.41, 5.74) is 2.37. The molecule has 2 atom stereocenters. The van der Waals surface area contributed by atoms with E-state index in [1.54, 1.807) is 17.8 Å². The Hall–Kier alpha value is -3.31. The highest BCUT2D eigenvalue weighted by molar-refractivity contribution is 6.33. The van der Waals surface area contributed by atoms with E-state index in [1.807, 2.05) is 26.0 Å². The van der Waals surface area contributed by atoms with Gasteiger partial charge in [-0.2, -0.15) is 10.4 Å². The molecule has 0 radical (unpaired) electrons. The quantitative estimate of drug-likeness (QED) is 0.410. The normalized spacial score (nSPS) is 17.8. The number of nitriles is 1. The molecule has 2 heterocycles.